The second-order valence-corrected chi connectivity index (χ2v) is 7.15. The molecule has 0 saturated heterocycles. The van der Waals surface area contributed by atoms with E-state index in [1.54, 1.807) is 6.08 Å². The minimum Gasteiger partial charge on any atom is -0.383 e. The number of nitrogens with zero attached hydrogens (tertiary/aromatic N) is 6. The predicted octanol–water partition coefficient (Wildman–Crippen LogP) is 4.44. The van der Waals surface area contributed by atoms with Gasteiger partial charge >= 0.3 is 0 Å². The molecule has 0 aliphatic heterocycles. The van der Waals surface area contributed by atoms with Gasteiger partial charge < -0.3 is 11.1 Å². The number of benzene rings is 2. The third-order valence-corrected chi connectivity index (χ3v) is 4.94. The Balaban J connectivity index is 1.83. The quantitative estimate of drug-likeness (QED) is 0.464. The average Bonchev–Trinajstić information content (AvgIpc) is 2.78. The third-order valence-electron chi connectivity index (χ3n) is 4.94. The first-order chi connectivity index (χ1) is 15.5. The molecule has 0 aliphatic rings. The highest BCUT2D eigenvalue weighted by atomic mass is 15.2. The Kier molecular flexibility index (Phi) is 5.44. The third kappa shape index (κ3) is 3.93. The van der Waals surface area contributed by atoms with E-state index in [0.717, 1.165) is 33.2 Å². The van der Waals surface area contributed by atoms with Crippen LogP contribution in [0, 0.1) is 36.5 Å². The molecule has 0 aliphatic carbocycles. The number of rotatable bonds is 4. The van der Waals surface area contributed by atoms with E-state index >= 15 is 0 Å². The predicted molar refractivity (Wildman–Crippen MR) is 124 cm³/mol. The molecule has 4 aromatic rings. The van der Waals surface area contributed by atoms with Crippen LogP contribution < -0.4 is 11.1 Å². The summed E-state index contributed by atoms with van der Waals surface area (Å²) in [5.41, 5.74) is 12.2. The summed E-state index contributed by atoms with van der Waals surface area (Å²) in [4.78, 5) is 17.2. The molecule has 0 radical (unpaired) electrons. The highest BCUT2D eigenvalue weighted by Crippen LogP contribution is 2.35. The molecule has 0 saturated carbocycles. The molecule has 32 heavy (non-hydrogen) atoms. The van der Waals surface area contributed by atoms with Crippen LogP contribution >= 0.6 is 0 Å². The summed E-state index contributed by atoms with van der Waals surface area (Å²) in [5.74, 6) is 1.02. The van der Waals surface area contributed by atoms with Gasteiger partial charge in [0, 0.05) is 17.0 Å². The van der Waals surface area contributed by atoms with E-state index in [1.807, 2.05) is 56.3 Å². The van der Waals surface area contributed by atoms with E-state index in [-0.39, 0.29) is 11.6 Å². The summed E-state index contributed by atoms with van der Waals surface area (Å²) in [6.07, 6.45) is 6.06. The van der Waals surface area contributed by atoms with Gasteiger partial charge in [-0.05, 0) is 48.2 Å². The highest BCUT2D eigenvalue weighted by molar-refractivity contribution is 6.00. The first kappa shape index (κ1) is 20.5. The van der Waals surface area contributed by atoms with E-state index in [4.69, 9.17) is 21.2 Å². The van der Waals surface area contributed by atoms with Crippen molar-refractivity contribution in [3.05, 3.63) is 71.2 Å². The second-order valence-electron chi connectivity index (χ2n) is 7.15. The number of nitriles is 2. The Morgan fingerprint density at radius 2 is 1.81 bits per heavy atom. The molecule has 2 heterocycles. The summed E-state index contributed by atoms with van der Waals surface area (Å²) >= 11 is 0. The van der Waals surface area contributed by atoms with Gasteiger partial charge in [-0.1, -0.05) is 24.3 Å². The van der Waals surface area contributed by atoms with Crippen molar-refractivity contribution in [2.45, 2.75) is 13.8 Å². The van der Waals surface area contributed by atoms with Gasteiger partial charge in [-0.15, -0.1) is 0 Å². The van der Waals surface area contributed by atoms with Crippen molar-refractivity contribution in [3.63, 3.8) is 0 Å². The lowest BCUT2D eigenvalue weighted by Crippen LogP contribution is -2.04. The normalized spacial score (nSPS) is 10.8. The van der Waals surface area contributed by atoms with E-state index in [2.05, 4.69) is 20.3 Å². The second kappa shape index (κ2) is 8.50. The lowest BCUT2D eigenvalue weighted by atomic mass is 9.92. The smallest absolute Gasteiger partial charge is 0.230 e. The first-order valence-corrected chi connectivity index (χ1v) is 9.73. The maximum Gasteiger partial charge on any atom is 0.230 e. The van der Waals surface area contributed by atoms with Crippen LogP contribution in [0.15, 0.2) is 48.8 Å². The Morgan fingerprint density at radius 3 is 2.47 bits per heavy atom. The maximum atomic E-state index is 8.88. The van der Waals surface area contributed by atoms with Gasteiger partial charge in [-0.3, -0.25) is 0 Å². The van der Waals surface area contributed by atoms with Gasteiger partial charge in [0.05, 0.1) is 24.0 Å². The molecule has 154 valence electrons. The van der Waals surface area contributed by atoms with Crippen molar-refractivity contribution in [2.75, 3.05) is 11.1 Å². The molecule has 0 unspecified atom stereocenters. The Morgan fingerprint density at radius 1 is 1.03 bits per heavy atom. The average molecular weight is 418 g/mol. The van der Waals surface area contributed by atoms with E-state index in [0.29, 0.717) is 17.2 Å². The van der Waals surface area contributed by atoms with Crippen molar-refractivity contribution in [3.8, 4) is 23.3 Å². The monoisotopic (exact) mass is 418 g/mol. The number of fused-ring (bicyclic) bond motifs is 1. The largest absolute Gasteiger partial charge is 0.383 e. The van der Waals surface area contributed by atoms with Crippen LogP contribution in [0.3, 0.4) is 0 Å². The Bertz CT molecular complexity index is 1420. The van der Waals surface area contributed by atoms with Crippen LogP contribution in [0.25, 0.3) is 28.1 Å². The zero-order chi connectivity index (χ0) is 22.7. The number of nitrogens with two attached hydrogens (primary N) is 1. The first-order valence-electron chi connectivity index (χ1n) is 9.73. The fourth-order valence-corrected chi connectivity index (χ4v) is 3.65. The minimum absolute atomic E-state index is 0.218. The lowest BCUT2D eigenvalue weighted by molar-refractivity contribution is 1.13. The van der Waals surface area contributed by atoms with Crippen LogP contribution in [0.4, 0.5) is 17.6 Å². The summed E-state index contributed by atoms with van der Waals surface area (Å²) in [7, 11) is 0. The maximum absolute atomic E-state index is 8.88. The van der Waals surface area contributed by atoms with Crippen molar-refractivity contribution in [2.24, 2.45) is 0 Å². The summed E-state index contributed by atoms with van der Waals surface area (Å²) in [6.45, 7) is 4.06. The Hall–Kier alpha value is -4.82. The molecule has 2 aromatic carbocycles. The molecule has 3 N–H and O–H groups in total. The van der Waals surface area contributed by atoms with Crippen molar-refractivity contribution in [1.29, 1.82) is 10.5 Å². The number of aryl methyl sites for hydroxylation is 2. The number of nitrogen functional groups attached to an aromatic ring is 1. The number of hydrogen-bond donors (Lipinski definition) is 2. The topological polar surface area (TPSA) is 137 Å². The van der Waals surface area contributed by atoms with Gasteiger partial charge in [0.15, 0.2) is 11.5 Å². The summed E-state index contributed by atoms with van der Waals surface area (Å²) in [5, 5.41) is 21.4. The van der Waals surface area contributed by atoms with E-state index in [9.17, 15) is 0 Å². The van der Waals surface area contributed by atoms with Crippen LogP contribution in [0.2, 0.25) is 0 Å². The number of hydrogen-bond acceptors (Lipinski definition) is 8. The standard InChI is InChI=1S/C24H18N8/c1-14-9-16(5-4-8-25)10-15(2)21(14)18-6-3-7-19-22(18)31-24(32-23(19)27)30-20-13-28-17(11-26)12-29-20/h3-7,9-10,12-13H,1-2H3,(H3,27,29,30,31,32)/b5-4+. The van der Waals surface area contributed by atoms with Gasteiger partial charge in [-0.2, -0.15) is 15.5 Å². The van der Waals surface area contributed by atoms with Crippen molar-refractivity contribution >= 4 is 34.6 Å². The molecule has 4 rings (SSSR count). The van der Waals surface area contributed by atoms with Crippen molar-refractivity contribution < 1.29 is 0 Å². The lowest BCUT2D eigenvalue weighted by Gasteiger charge is -2.15. The zero-order valence-corrected chi connectivity index (χ0v) is 17.5. The molecule has 0 amide bonds. The molecular weight excluding hydrogens is 400 g/mol. The van der Waals surface area contributed by atoms with Crippen LogP contribution in [-0.4, -0.2) is 19.9 Å². The fraction of sp³-hybridized carbons (Fsp3) is 0.0833. The molecular formula is C24H18N8. The summed E-state index contributed by atoms with van der Waals surface area (Å²) in [6, 6.07) is 13.8. The fourth-order valence-electron chi connectivity index (χ4n) is 3.65. The SMILES string of the molecule is Cc1cc(/C=C/C#N)cc(C)c1-c1cccc2c(N)nc(Nc3cnc(C#N)cn3)nc12. The van der Waals surface area contributed by atoms with Crippen molar-refractivity contribution in [1.82, 2.24) is 19.9 Å². The molecule has 2 aromatic heterocycles. The minimum atomic E-state index is 0.218. The number of aromatic nitrogens is 4. The van der Waals surface area contributed by atoms with Gasteiger partial charge in [0.1, 0.15) is 11.9 Å². The molecule has 8 heteroatoms. The highest BCUT2D eigenvalue weighted by Gasteiger charge is 2.15. The van der Waals surface area contributed by atoms with Crippen LogP contribution in [0.1, 0.15) is 22.4 Å². The molecule has 0 fully saturated rings. The number of anilines is 3. The van der Waals surface area contributed by atoms with E-state index in [1.165, 1.54) is 18.5 Å². The molecule has 0 bridgehead atoms. The summed E-state index contributed by atoms with van der Waals surface area (Å²) < 4.78 is 0. The van der Waals surface area contributed by atoms with Gasteiger partial charge in [0.2, 0.25) is 5.95 Å². The molecule has 0 atom stereocenters. The van der Waals surface area contributed by atoms with Crippen LogP contribution in [-0.2, 0) is 0 Å². The van der Waals surface area contributed by atoms with Gasteiger partial charge in [0.25, 0.3) is 0 Å². The zero-order valence-electron chi connectivity index (χ0n) is 17.5. The van der Waals surface area contributed by atoms with Gasteiger partial charge in [-0.25, -0.2) is 15.0 Å². The Labute approximate surface area is 184 Å². The van der Waals surface area contributed by atoms with Crippen LogP contribution in [0.5, 0.6) is 0 Å². The molecule has 0 spiro atoms. The van der Waals surface area contributed by atoms with E-state index < -0.39 is 0 Å². The number of para-hydroxylation sites is 1. The number of allylic oxidation sites excluding steroid dienone is 1. The molecule has 8 nitrogen and oxygen atoms in total. The number of nitrogens with one attached hydrogen (secondary N) is 1.